The van der Waals surface area contributed by atoms with Crippen LogP contribution < -0.4 is 0 Å². The minimum atomic E-state index is -0.311. The van der Waals surface area contributed by atoms with Gasteiger partial charge in [0.05, 0.1) is 17.7 Å². The summed E-state index contributed by atoms with van der Waals surface area (Å²) in [5.74, 6) is 0.229. The van der Waals surface area contributed by atoms with E-state index in [4.69, 9.17) is 10.1 Å². The van der Waals surface area contributed by atoms with Crippen LogP contribution in [0.1, 0.15) is 52.2 Å². The predicted molar refractivity (Wildman–Crippen MR) is 79.5 cm³/mol. The van der Waals surface area contributed by atoms with Crippen LogP contribution in [0.2, 0.25) is 0 Å². The van der Waals surface area contributed by atoms with Gasteiger partial charge < -0.3 is 4.74 Å². The summed E-state index contributed by atoms with van der Waals surface area (Å²) in [5.41, 5.74) is 3.64. The Balaban J connectivity index is 2.52. The molecule has 3 nitrogen and oxygen atoms in total. The normalized spacial score (nSPS) is 14.9. The molecule has 0 aromatic heterocycles. The number of esters is 1. The molecule has 102 valence electrons. The number of carbonyl (C=O) groups is 1. The van der Waals surface area contributed by atoms with Gasteiger partial charge in [0, 0.05) is 5.56 Å². The second-order valence-corrected chi connectivity index (χ2v) is 5.71. The highest BCUT2D eigenvalue weighted by Crippen LogP contribution is 2.39. The Labute approximate surface area is 118 Å². The van der Waals surface area contributed by atoms with E-state index in [0.717, 1.165) is 11.1 Å². The Morgan fingerprint density at radius 2 is 2.11 bits per heavy atom. The molecule has 1 aromatic carbocycles. The lowest BCUT2D eigenvalue weighted by molar-refractivity contribution is 0.0599. The lowest BCUT2D eigenvalue weighted by Crippen LogP contribution is -2.15. The van der Waals surface area contributed by atoms with Gasteiger partial charge in [0.25, 0.3) is 0 Å². The van der Waals surface area contributed by atoms with Crippen molar-refractivity contribution in [1.82, 2.24) is 0 Å². The average molecular weight is 277 g/mol. The van der Waals surface area contributed by atoms with Gasteiger partial charge in [-0.25, -0.2) is 4.79 Å². The van der Waals surface area contributed by atoms with E-state index in [2.05, 4.69) is 6.07 Å². The second kappa shape index (κ2) is 5.78. The quantitative estimate of drug-likeness (QED) is 0.520. The molecule has 0 aliphatic heterocycles. The molecule has 0 spiro atoms. The molecular formula is C15H19NO2S. The maximum Gasteiger partial charge on any atom is 0.338 e. The second-order valence-electron chi connectivity index (χ2n) is 4.89. The smallest absolute Gasteiger partial charge is 0.338 e. The number of nitrogens with one attached hydrogen (secondary N) is 1. The first-order valence-corrected chi connectivity index (χ1v) is 7.66. The summed E-state index contributed by atoms with van der Waals surface area (Å²) in [7, 11) is 1.40. The maximum absolute atomic E-state index is 11.9. The van der Waals surface area contributed by atoms with Crippen molar-refractivity contribution < 1.29 is 9.53 Å². The fourth-order valence-electron chi connectivity index (χ4n) is 2.45. The first-order valence-electron chi connectivity index (χ1n) is 6.44. The number of methoxy groups -OCH3 is 1. The molecule has 2 rings (SSSR count). The van der Waals surface area contributed by atoms with Gasteiger partial charge in [-0.15, -0.1) is 11.8 Å². The molecule has 1 aliphatic carbocycles. The highest BCUT2D eigenvalue weighted by atomic mass is 32.2. The SMILES string of the molecule is COC(=O)c1cc(C(=N)SC)cc(C2CCC2)c1C. The maximum atomic E-state index is 11.9. The molecule has 1 fully saturated rings. The molecule has 1 saturated carbocycles. The van der Waals surface area contributed by atoms with Gasteiger partial charge in [-0.1, -0.05) is 6.42 Å². The molecule has 0 atom stereocenters. The zero-order chi connectivity index (χ0) is 14.0. The molecule has 4 heteroatoms. The number of rotatable bonds is 3. The highest BCUT2D eigenvalue weighted by molar-refractivity contribution is 8.13. The average Bonchev–Trinajstić information content (AvgIpc) is 2.37. The van der Waals surface area contributed by atoms with Crippen LogP contribution in [0, 0.1) is 12.3 Å². The summed E-state index contributed by atoms with van der Waals surface area (Å²) >= 11 is 1.39. The minimum absolute atomic E-state index is 0.311. The van der Waals surface area contributed by atoms with Crippen molar-refractivity contribution in [2.24, 2.45) is 0 Å². The van der Waals surface area contributed by atoms with Gasteiger partial charge in [-0.3, -0.25) is 5.41 Å². The summed E-state index contributed by atoms with van der Waals surface area (Å²) < 4.78 is 4.86. The van der Waals surface area contributed by atoms with Crippen molar-refractivity contribution >= 4 is 22.8 Å². The topological polar surface area (TPSA) is 50.2 Å². The van der Waals surface area contributed by atoms with Gasteiger partial charge in [0.2, 0.25) is 0 Å². The van der Waals surface area contributed by atoms with E-state index >= 15 is 0 Å². The summed E-state index contributed by atoms with van der Waals surface area (Å²) in [6, 6.07) is 3.85. The first kappa shape index (κ1) is 14.1. The number of ether oxygens (including phenoxy) is 1. The molecule has 0 saturated heterocycles. The fraction of sp³-hybridized carbons (Fsp3) is 0.467. The molecule has 0 radical (unpaired) electrons. The van der Waals surface area contributed by atoms with Gasteiger partial charge in [-0.2, -0.15) is 0 Å². The van der Waals surface area contributed by atoms with Crippen LogP contribution in [0.3, 0.4) is 0 Å². The molecule has 0 bridgehead atoms. The predicted octanol–water partition coefficient (Wildman–Crippen LogP) is 3.74. The van der Waals surface area contributed by atoms with E-state index in [1.54, 1.807) is 6.07 Å². The van der Waals surface area contributed by atoms with E-state index in [1.165, 1.54) is 43.7 Å². The molecular weight excluding hydrogens is 258 g/mol. The van der Waals surface area contributed by atoms with E-state index < -0.39 is 0 Å². The summed E-state index contributed by atoms with van der Waals surface area (Å²) in [4.78, 5) is 11.9. The van der Waals surface area contributed by atoms with E-state index in [9.17, 15) is 4.79 Å². The Morgan fingerprint density at radius 1 is 1.42 bits per heavy atom. The third-order valence-electron chi connectivity index (χ3n) is 3.86. The number of carbonyl (C=O) groups excluding carboxylic acids is 1. The van der Waals surface area contributed by atoms with Crippen LogP contribution in [0.4, 0.5) is 0 Å². The molecule has 1 aliphatic rings. The Bertz CT molecular complexity index is 521. The first-order chi connectivity index (χ1) is 9.08. The van der Waals surface area contributed by atoms with Crippen LogP contribution in [0.5, 0.6) is 0 Å². The van der Waals surface area contributed by atoms with E-state index in [0.29, 0.717) is 16.5 Å². The number of thioether (sulfide) groups is 1. The Kier molecular flexibility index (Phi) is 4.30. The highest BCUT2D eigenvalue weighted by Gasteiger charge is 2.25. The van der Waals surface area contributed by atoms with Crippen molar-refractivity contribution in [3.05, 3.63) is 34.4 Å². The Morgan fingerprint density at radius 3 is 2.58 bits per heavy atom. The van der Waals surface area contributed by atoms with Crippen molar-refractivity contribution in [3.8, 4) is 0 Å². The van der Waals surface area contributed by atoms with Crippen molar-refractivity contribution in [3.63, 3.8) is 0 Å². The van der Waals surface area contributed by atoms with Crippen LogP contribution in [0.25, 0.3) is 0 Å². The summed E-state index contributed by atoms with van der Waals surface area (Å²) in [6.45, 7) is 1.98. The molecule has 0 heterocycles. The molecule has 0 amide bonds. The number of benzene rings is 1. The van der Waals surface area contributed by atoms with Crippen LogP contribution >= 0.6 is 11.8 Å². The summed E-state index contributed by atoms with van der Waals surface area (Å²) in [6.07, 6.45) is 5.49. The Hall–Kier alpha value is -1.29. The number of hydrogen-bond donors (Lipinski definition) is 1. The number of hydrogen-bond acceptors (Lipinski definition) is 4. The van der Waals surface area contributed by atoms with E-state index in [1.807, 2.05) is 13.2 Å². The van der Waals surface area contributed by atoms with Crippen molar-refractivity contribution in [2.75, 3.05) is 13.4 Å². The molecule has 1 N–H and O–H groups in total. The van der Waals surface area contributed by atoms with Gasteiger partial charge in [0.15, 0.2) is 0 Å². The minimum Gasteiger partial charge on any atom is -0.465 e. The van der Waals surface area contributed by atoms with Crippen LogP contribution in [-0.4, -0.2) is 24.4 Å². The van der Waals surface area contributed by atoms with Gasteiger partial charge >= 0.3 is 5.97 Å². The lowest BCUT2D eigenvalue weighted by atomic mass is 9.77. The van der Waals surface area contributed by atoms with Crippen molar-refractivity contribution in [1.29, 1.82) is 5.41 Å². The van der Waals surface area contributed by atoms with Gasteiger partial charge in [0.1, 0.15) is 0 Å². The zero-order valence-corrected chi connectivity index (χ0v) is 12.4. The molecule has 19 heavy (non-hydrogen) atoms. The monoisotopic (exact) mass is 277 g/mol. The summed E-state index contributed by atoms with van der Waals surface area (Å²) in [5, 5.41) is 8.46. The standard InChI is InChI=1S/C15H19NO2S/c1-9-12(10-5-4-6-10)7-11(14(16)19-3)8-13(9)15(17)18-2/h7-8,10,16H,4-6H2,1-3H3. The molecule has 1 aromatic rings. The van der Waals surface area contributed by atoms with Crippen molar-refractivity contribution in [2.45, 2.75) is 32.1 Å². The lowest BCUT2D eigenvalue weighted by Gasteiger charge is -2.28. The third-order valence-corrected chi connectivity index (χ3v) is 4.51. The zero-order valence-electron chi connectivity index (χ0n) is 11.6. The third kappa shape index (κ3) is 2.68. The largest absolute Gasteiger partial charge is 0.465 e. The fourth-order valence-corrected chi connectivity index (χ4v) is 2.80. The van der Waals surface area contributed by atoms with Crippen LogP contribution in [0.15, 0.2) is 12.1 Å². The van der Waals surface area contributed by atoms with Crippen LogP contribution in [-0.2, 0) is 4.74 Å². The van der Waals surface area contributed by atoms with E-state index in [-0.39, 0.29) is 5.97 Å². The van der Waals surface area contributed by atoms with Gasteiger partial charge in [-0.05, 0) is 55.2 Å². The molecule has 0 unspecified atom stereocenters.